The molecule has 0 spiro atoms. The number of hydrogen-bond acceptors (Lipinski definition) is 7. The van der Waals surface area contributed by atoms with E-state index < -0.39 is 0 Å². The maximum atomic E-state index is 13.5. The normalized spacial score (nSPS) is 19.1. The first-order chi connectivity index (χ1) is 17.2. The van der Waals surface area contributed by atoms with Gasteiger partial charge >= 0.3 is 0 Å². The van der Waals surface area contributed by atoms with Crippen molar-refractivity contribution in [1.29, 1.82) is 0 Å². The third-order valence-corrected chi connectivity index (χ3v) is 6.86. The van der Waals surface area contributed by atoms with Crippen LogP contribution in [0.5, 0.6) is 11.5 Å². The van der Waals surface area contributed by atoms with Gasteiger partial charge in [-0.3, -0.25) is 9.69 Å². The zero-order valence-electron chi connectivity index (χ0n) is 19.7. The molecular formula is C26H28N6O3. The van der Waals surface area contributed by atoms with Crippen LogP contribution in [0.1, 0.15) is 42.8 Å². The molecule has 0 bridgehead atoms. The van der Waals surface area contributed by atoms with E-state index in [1.165, 1.54) is 6.42 Å². The number of fused-ring (bicyclic) bond motifs is 2. The van der Waals surface area contributed by atoms with Gasteiger partial charge in [0.1, 0.15) is 19.3 Å². The highest BCUT2D eigenvalue weighted by molar-refractivity contribution is 5.83. The molecule has 6 rings (SSSR count). The van der Waals surface area contributed by atoms with E-state index in [4.69, 9.17) is 9.47 Å². The molecule has 4 aromatic rings. The molecule has 1 fully saturated rings. The van der Waals surface area contributed by atoms with Gasteiger partial charge in [0.15, 0.2) is 17.3 Å². The Morgan fingerprint density at radius 1 is 1.11 bits per heavy atom. The number of benzene rings is 2. The average molecular weight is 473 g/mol. The molecule has 0 aliphatic carbocycles. The van der Waals surface area contributed by atoms with Gasteiger partial charge in [0.05, 0.1) is 12.1 Å². The van der Waals surface area contributed by atoms with Crippen LogP contribution < -0.4 is 15.0 Å². The van der Waals surface area contributed by atoms with Crippen LogP contribution in [0.15, 0.2) is 53.3 Å². The third kappa shape index (κ3) is 4.27. The highest BCUT2D eigenvalue weighted by atomic mass is 16.6. The van der Waals surface area contributed by atoms with E-state index in [9.17, 15) is 4.79 Å². The molecule has 0 radical (unpaired) electrons. The van der Waals surface area contributed by atoms with Crippen molar-refractivity contribution < 1.29 is 9.47 Å². The number of likely N-dealkylation sites (tertiary alicyclic amines) is 1. The molecule has 9 heteroatoms. The van der Waals surface area contributed by atoms with Gasteiger partial charge in [-0.2, -0.15) is 0 Å². The largest absolute Gasteiger partial charge is 0.486 e. The van der Waals surface area contributed by atoms with Gasteiger partial charge in [-0.1, -0.05) is 37.3 Å². The molecule has 0 unspecified atom stereocenters. The number of aromatic nitrogens is 5. The summed E-state index contributed by atoms with van der Waals surface area (Å²) >= 11 is 0. The third-order valence-electron chi connectivity index (χ3n) is 6.86. The summed E-state index contributed by atoms with van der Waals surface area (Å²) < 4.78 is 13.3. The van der Waals surface area contributed by atoms with Crippen LogP contribution in [0.3, 0.4) is 0 Å². The summed E-state index contributed by atoms with van der Waals surface area (Å²) in [5.74, 6) is 2.55. The van der Waals surface area contributed by atoms with E-state index in [2.05, 4.69) is 44.5 Å². The number of piperidine rings is 1. The maximum Gasteiger partial charge on any atom is 0.253 e. The number of rotatable bonds is 5. The second-order valence-corrected chi connectivity index (χ2v) is 9.46. The quantitative estimate of drug-likeness (QED) is 0.476. The van der Waals surface area contributed by atoms with Gasteiger partial charge < -0.3 is 14.5 Å². The van der Waals surface area contributed by atoms with Crippen molar-refractivity contribution in [2.24, 2.45) is 5.92 Å². The molecule has 1 N–H and O–H groups in total. The van der Waals surface area contributed by atoms with Crippen molar-refractivity contribution in [1.82, 2.24) is 30.1 Å². The lowest BCUT2D eigenvalue weighted by atomic mass is 9.95. The number of tetrazole rings is 1. The Morgan fingerprint density at radius 3 is 2.71 bits per heavy atom. The SMILES string of the molecule is C[C@@H]1CCCN([C@H](c2cc3cc4c(cc3[nH]c2=O)OCCO4)c2nnnn2Cc2ccccc2)C1. The monoisotopic (exact) mass is 472 g/mol. The first-order valence-corrected chi connectivity index (χ1v) is 12.2. The number of pyridine rings is 1. The Balaban J connectivity index is 1.47. The van der Waals surface area contributed by atoms with E-state index in [1.54, 1.807) is 0 Å². The molecule has 2 aromatic carbocycles. The zero-order chi connectivity index (χ0) is 23.8. The van der Waals surface area contributed by atoms with Crippen molar-refractivity contribution in [2.75, 3.05) is 26.3 Å². The molecular weight excluding hydrogens is 444 g/mol. The van der Waals surface area contributed by atoms with Crippen molar-refractivity contribution >= 4 is 10.9 Å². The summed E-state index contributed by atoms with van der Waals surface area (Å²) in [6.45, 7) is 5.56. The first kappa shape index (κ1) is 21.8. The molecule has 180 valence electrons. The molecule has 2 aromatic heterocycles. The standard InChI is InChI=1S/C26H28N6O3/c1-17-6-5-9-31(15-17)24(25-28-29-30-32(25)16-18-7-3-2-4-8-18)20-12-19-13-22-23(35-11-10-34-22)14-21(19)27-26(20)33/h2-4,7-8,12-14,17,24H,5-6,9-11,15-16H2,1H3,(H,27,33)/t17-,24-/m1/s1. The van der Waals surface area contributed by atoms with E-state index in [0.29, 0.717) is 48.6 Å². The average Bonchev–Trinajstić information content (AvgIpc) is 3.31. The highest BCUT2D eigenvalue weighted by Crippen LogP contribution is 2.36. The number of H-pyrrole nitrogens is 1. The Morgan fingerprint density at radius 2 is 1.91 bits per heavy atom. The molecule has 35 heavy (non-hydrogen) atoms. The van der Waals surface area contributed by atoms with E-state index >= 15 is 0 Å². The van der Waals surface area contributed by atoms with Gasteiger partial charge in [-0.05, 0) is 53.4 Å². The Labute approximate surface area is 202 Å². The van der Waals surface area contributed by atoms with Crippen LogP contribution in [0.2, 0.25) is 0 Å². The molecule has 2 atom stereocenters. The lowest BCUT2D eigenvalue weighted by Gasteiger charge is -2.36. The minimum Gasteiger partial charge on any atom is -0.486 e. The number of ether oxygens (including phenoxy) is 2. The predicted octanol–water partition coefficient (Wildman–Crippen LogP) is 3.16. The topological polar surface area (TPSA) is 98.2 Å². The summed E-state index contributed by atoms with van der Waals surface area (Å²) in [6.07, 6.45) is 2.25. The molecule has 0 saturated carbocycles. The van der Waals surface area contributed by atoms with Crippen LogP contribution in [0, 0.1) is 5.92 Å². The van der Waals surface area contributed by atoms with Crippen molar-refractivity contribution in [3.8, 4) is 11.5 Å². The fourth-order valence-corrected chi connectivity index (χ4v) is 5.20. The minimum atomic E-state index is -0.363. The van der Waals surface area contributed by atoms with Crippen LogP contribution in [-0.2, 0) is 6.54 Å². The minimum absolute atomic E-state index is 0.147. The van der Waals surface area contributed by atoms with Crippen LogP contribution in [0.25, 0.3) is 10.9 Å². The van der Waals surface area contributed by atoms with Gasteiger partial charge in [-0.25, -0.2) is 4.68 Å². The number of hydrogen-bond donors (Lipinski definition) is 1. The Hall–Kier alpha value is -3.72. The van der Waals surface area contributed by atoms with E-state index in [1.807, 2.05) is 41.1 Å². The van der Waals surface area contributed by atoms with Crippen molar-refractivity contribution in [3.05, 3.63) is 75.8 Å². The second-order valence-electron chi connectivity index (χ2n) is 9.46. The summed E-state index contributed by atoms with van der Waals surface area (Å²) in [4.78, 5) is 18.9. The van der Waals surface area contributed by atoms with Gasteiger partial charge in [0.25, 0.3) is 5.56 Å². The summed E-state index contributed by atoms with van der Waals surface area (Å²) in [6, 6.07) is 15.5. The highest BCUT2D eigenvalue weighted by Gasteiger charge is 2.33. The first-order valence-electron chi connectivity index (χ1n) is 12.2. The maximum absolute atomic E-state index is 13.5. The number of nitrogens with zero attached hydrogens (tertiary/aromatic N) is 5. The summed E-state index contributed by atoms with van der Waals surface area (Å²) in [5, 5.41) is 13.7. The van der Waals surface area contributed by atoms with Crippen LogP contribution >= 0.6 is 0 Å². The zero-order valence-corrected chi connectivity index (χ0v) is 19.7. The van der Waals surface area contributed by atoms with Crippen molar-refractivity contribution in [3.63, 3.8) is 0 Å². The molecule has 4 heterocycles. The fourth-order valence-electron chi connectivity index (χ4n) is 5.20. The van der Waals surface area contributed by atoms with E-state index in [0.717, 1.165) is 36.0 Å². The smallest absolute Gasteiger partial charge is 0.253 e. The van der Waals surface area contributed by atoms with Gasteiger partial charge in [-0.15, -0.1) is 5.10 Å². The molecule has 1 saturated heterocycles. The Bertz CT molecular complexity index is 1400. The van der Waals surface area contributed by atoms with Crippen LogP contribution in [0.4, 0.5) is 0 Å². The lowest BCUT2D eigenvalue weighted by Crippen LogP contribution is -2.41. The van der Waals surface area contributed by atoms with Gasteiger partial charge in [0.2, 0.25) is 0 Å². The Kier molecular flexibility index (Phi) is 5.69. The molecule has 2 aliphatic rings. The van der Waals surface area contributed by atoms with E-state index in [-0.39, 0.29) is 11.6 Å². The molecule has 9 nitrogen and oxygen atoms in total. The molecule has 0 amide bonds. The lowest BCUT2D eigenvalue weighted by molar-refractivity contribution is 0.141. The molecule has 2 aliphatic heterocycles. The predicted molar refractivity (Wildman–Crippen MR) is 131 cm³/mol. The van der Waals surface area contributed by atoms with Crippen LogP contribution in [-0.4, -0.2) is 56.4 Å². The number of nitrogens with one attached hydrogen (secondary N) is 1. The summed E-state index contributed by atoms with van der Waals surface area (Å²) in [7, 11) is 0. The van der Waals surface area contributed by atoms with Crippen molar-refractivity contribution in [2.45, 2.75) is 32.4 Å². The second kappa shape index (κ2) is 9.14. The number of aromatic amines is 1. The summed E-state index contributed by atoms with van der Waals surface area (Å²) in [5.41, 5.74) is 2.31. The van der Waals surface area contributed by atoms with Gasteiger partial charge in [0, 0.05) is 23.6 Å². The fraction of sp³-hybridized carbons (Fsp3) is 0.385.